The number of nitrogens with one attached hydrogen (secondary N) is 1. The van der Waals surface area contributed by atoms with Crippen LogP contribution in [0.15, 0.2) is 6.20 Å². The van der Waals surface area contributed by atoms with E-state index in [0.717, 1.165) is 33.6 Å². The summed E-state index contributed by atoms with van der Waals surface area (Å²) in [6.45, 7) is 3.20. The summed E-state index contributed by atoms with van der Waals surface area (Å²) in [5, 5.41) is 4.73. The molecule has 1 heterocycles. The number of hydrogen-bond acceptors (Lipinski definition) is 3. The molecule has 0 saturated heterocycles. The molecule has 0 aromatic carbocycles. The summed E-state index contributed by atoms with van der Waals surface area (Å²) < 4.78 is 0.786. The molecule has 17 heavy (non-hydrogen) atoms. The summed E-state index contributed by atoms with van der Waals surface area (Å²) in [4.78, 5) is 4.29. The summed E-state index contributed by atoms with van der Waals surface area (Å²) in [6, 6.07) is 0.618. The van der Waals surface area contributed by atoms with E-state index in [2.05, 4.69) is 17.2 Å². The van der Waals surface area contributed by atoms with Crippen LogP contribution in [-0.4, -0.2) is 11.0 Å². The Labute approximate surface area is 112 Å². The highest BCUT2D eigenvalue weighted by Crippen LogP contribution is 2.49. The van der Waals surface area contributed by atoms with Gasteiger partial charge in [0.2, 0.25) is 0 Å². The molecule has 1 aromatic heterocycles. The first-order valence-electron chi connectivity index (χ1n) is 6.56. The van der Waals surface area contributed by atoms with E-state index in [1.165, 1.54) is 25.7 Å². The number of nitrogens with zero attached hydrogens (tertiary/aromatic N) is 1. The third-order valence-corrected chi connectivity index (χ3v) is 5.65. The summed E-state index contributed by atoms with van der Waals surface area (Å²) >= 11 is 7.46. The van der Waals surface area contributed by atoms with Gasteiger partial charge in [0.15, 0.2) is 0 Å². The van der Waals surface area contributed by atoms with E-state index >= 15 is 0 Å². The largest absolute Gasteiger partial charge is 0.308 e. The van der Waals surface area contributed by atoms with Crippen LogP contribution < -0.4 is 5.32 Å². The lowest BCUT2D eigenvalue weighted by molar-refractivity contribution is 0.259. The standard InChI is InChI=1S/C13H19ClN2S/c1-8(11-5-9-2-3-10(11)4-9)15-7-13-16-6-12(14)17-13/h6,8-11,15H,2-5,7H2,1H3. The average molecular weight is 271 g/mol. The molecular formula is C13H19ClN2S. The molecule has 2 saturated carbocycles. The number of aromatic nitrogens is 1. The molecule has 0 aliphatic heterocycles. The van der Waals surface area contributed by atoms with Crippen LogP contribution in [0.3, 0.4) is 0 Å². The minimum atomic E-state index is 0.618. The van der Waals surface area contributed by atoms with Crippen LogP contribution in [0, 0.1) is 17.8 Å². The molecule has 4 heteroatoms. The van der Waals surface area contributed by atoms with Crippen molar-refractivity contribution in [2.45, 2.75) is 45.2 Å². The van der Waals surface area contributed by atoms with E-state index in [1.54, 1.807) is 17.5 Å². The smallest absolute Gasteiger partial charge is 0.113 e. The lowest BCUT2D eigenvalue weighted by atomic mass is 9.84. The maximum absolute atomic E-state index is 5.88. The Kier molecular flexibility index (Phi) is 3.42. The lowest BCUT2D eigenvalue weighted by Gasteiger charge is -2.28. The number of hydrogen-bond donors (Lipinski definition) is 1. The molecule has 4 atom stereocenters. The number of rotatable bonds is 4. The molecule has 94 valence electrons. The van der Waals surface area contributed by atoms with Gasteiger partial charge in [-0.1, -0.05) is 18.0 Å². The predicted octanol–water partition coefficient (Wildman–Crippen LogP) is 3.71. The van der Waals surface area contributed by atoms with Crippen molar-refractivity contribution in [3.05, 3.63) is 15.5 Å². The summed E-state index contributed by atoms with van der Waals surface area (Å²) in [5.74, 6) is 2.91. The highest BCUT2D eigenvalue weighted by Gasteiger charge is 2.41. The Morgan fingerprint density at radius 2 is 2.41 bits per heavy atom. The first kappa shape index (κ1) is 11.9. The van der Waals surface area contributed by atoms with E-state index in [0.29, 0.717) is 6.04 Å². The molecule has 3 rings (SSSR count). The molecule has 2 bridgehead atoms. The van der Waals surface area contributed by atoms with Gasteiger partial charge in [-0.2, -0.15) is 0 Å². The summed E-state index contributed by atoms with van der Waals surface area (Å²) in [7, 11) is 0. The van der Waals surface area contributed by atoms with Gasteiger partial charge in [0.25, 0.3) is 0 Å². The molecule has 2 aliphatic carbocycles. The highest BCUT2D eigenvalue weighted by molar-refractivity contribution is 7.15. The van der Waals surface area contributed by atoms with Gasteiger partial charge in [-0.15, -0.1) is 11.3 Å². The minimum Gasteiger partial charge on any atom is -0.308 e. The summed E-state index contributed by atoms with van der Waals surface area (Å²) in [5.41, 5.74) is 0. The molecular weight excluding hydrogens is 252 g/mol. The molecule has 0 radical (unpaired) electrons. The fourth-order valence-corrected chi connectivity index (χ4v) is 4.58. The second kappa shape index (κ2) is 4.87. The van der Waals surface area contributed by atoms with E-state index < -0.39 is 0 Å². The van der Waals surface area contributed by atoms with Crippen molar-refractivity contribution in [1.82, 2.24) is 10.3 Å². The van der Waals surface area contributed by atoms with Gasteiger partial charge in [-0.3, -0.25) is 0 Å². The van der Waals surface area contributed by atoms with Crippen molar-refractivity contribution in [2.75, 3.05) is 0 Å². The van der Waals surface area contributed by atoms with E-state index in [9.17, 15) is 0 Å². The fourth-order valence-electron chi connectivity index (χ4n) is 3.68. The van der Waals surface area contributed by atoms with Crippen molar-refractivity contribution in [3.8, 4) is 0 Å². The van der Waals surface area contributed by atoms with Crippen LogP contribution in [0.1, 0.15) is 37.6 Å². The Morgan fingerprint density at radius 1 is 1.53 bits per heavy atom. The van der Waals surface area contributed by atoms with Crippen LogP contribution >= 0.6 is 22.9 Å². The maximum atomic E-state index is 5.88. The van der Waals surface area contributed by atoms with Gasteiger partial charge in [-0.05, 0) is 43.9 Å². The zero-order valence-electron chi connectivity index (χ0n) is 10.2. The van der Waals surface area contributed by atoms with Gasteiger partial charge >= 0.3 is 0 Å². The van der Waals surface area contributed by atoms with Gasteiger partial charge in [0, 0.05) is 12.6 Å². The maximum Gasteiger partial charge on any atom is 0.113 e. The van der Waals surface area contributed by atoms with Crippen LogP contribution in [0.2, 0.25) is 4.34 Å². The zero-order valence-corrected chi connectivity index (χ0v) is 11.7. The molecule has 0 amide bonds. The molecule has 4 unspecified atom stereocenters. The Bertz CT molecular complexity index is 393. The third-order valence-electron chi connectivity index (χ3n) is 4.54. The SMILES string of the molecule is CC(NCc1ncc(Cl)s1)C1CC2CCC1C2. The molecule has 0 spiro atoms. The monoisotopic (exact) mass is 270 g/mol. The Hall–Kier alpha value is -0.120. The van der Waals surface area contributed by atoms with Crippen LogP contribution in [0.5, 0.6) is 0 Å². The van der Waals surface area contributed by atoms with Crippen molar-refractivity contribution in [1.29, 1.82) is 0 Å². The topological polar surface area (TPSA) is 24.9 Å². The first-order chi connectivity index (χ1) is 8.22. The fraction of sp³-hybridized carbons (Fsp3) is 0.769. The molecule has 2 fully saturated rings. The molecule has 1 aromatic rings. The minimum absolute atomic E-state index is 0.618. The van der Waals surface area contributed by atoms with Crippen molar-refractivity contribution < 1.29 is 0 Å². The van der Waals surface area contributed by atoms with E-state index in [4.69, 9.17) is 11.6 Å². The second-order valence-corrected chi connectivity index (χ2v) is 7.31. The van der Waals surface area contributed by atoms with Crippen molar-refractivity contribution in [2.24, 2.45) is 17.8 Å². The lowest BCUT2D eigenvalue weighted by Crippen LogP contribution is -2.35. The van der Waals surface area contributed by atoms with Crippen molar-refractivity contribution >= 4 is 22.9 Å². The molecule has 2 aliphatic rings. The van der Waals surface area contributed by atoms with Crippen LogP contribution in [0.25, 0.3) is 0 Å². The second-order valence-electron chi connectivity index (χ2n) is 5.57. The highest BCUT2D eigenvalue weighted by atomic mass is 35.5. The summed E-state index contributed by atoms with van der Waals surface area (Å²) in [6.07, 6.45) is 7.61. The van der Waals surface area contributed by atoms with Gasteiger partial charge in [-0.25, -0.2) is 4.98 Å². The van der Waals surface area contributed by atoms with Crippen molar-refractivity contribution in [3.63, 3.8) is 0 Å². The number of fused-ring (bicyclic) bond motifs is 2. The Balaban J connectivity index is 1.52. The molecule has 2 nitrogen and oxygen atoms in total. The third kappa shape index (κ3) is 2.51. The van der Waals surface area contributed by atoms with Gasteiger partial charge < -0.3 is 5.32 Å². The average Bonchev–Trinajstić information content (AvgIpc) is 3.01. The Morgan fingerprint density at radius 3 is 3.00 bits per heavy atom. The van der Waals surface area contributed by atoms with Crippen LogP contribution in [0.4, 0.5) is 0 Å². The van der Waals surface area contributed by atoms with E-state index in [1.807, 2.05) is 0 Å². The number of halogens is 1. The quantitative estimate of drug-likeness (QED) is 0.902. The van der Waals surface area contributed by atoms with Gasteiger partial charge in [0.1, 0.15) is 9.34 Å². The zero-order chi connectivity index (χ0) is 11.8. The van der Waals surface area contributed by atoms with E-state index in [-0.39, 0.29) is 0 Å². The van der Waals surface area contributed by atoms with Gasteiger partial charge in [0.05, 0.1) is 6.20 Å². The number of thiazole rings is 1. The van der Waals surface area contributed by atoms with Crippen LogP contribution in [-0.2, 0) is 6.54 Å². The normalized spacial score (nSPS) is 33.2. The first-order valence-corrected chi connectivity index (χ1v) is 7.75. The molecule has 1 N–H and O–H groups in total. The predicted molar refractivity (Wildman–Crippen MR) is 72.4 cm³/mol.